The summed E-state index contributed by atoms with van der Waals surface area (Å²) in [4.78, 5) is 19.4. The lowest BCUT2D eigenvalue weighted by Crippen LogP contribution is -2.32. The number of aromatic nitrogens is 2. The number of rotatable bonds is 9. The molecule has 0 bridgehead atoms. The van der Waals surface area contributed by atoms with Gasteiger partial charge in [-0.15, -0.1) is 0 Å². The lowest BCUT2D eigenvalue weighted by atomic mass is 10.0. The minimum atomic E-state index is -0.375. The Morgan fingerprint density at radius 3 is 2.59 bits per heavy atom. The van der Waals surface area contributed by atoms with Crippen molar-refractivity contribution in [3.05, 3.63) is 114 Å². The van der Waals surface area contributed by atoms with Crippen molar-refractivity contribution in [3.8, 4) is 5.69 Å². The van der Waals surface area contributed by atoms with E-state index in [2.05, 4.69) is 43.3 Å². The van der Waals surface area contributed by atoms with Crippen LogP contribution in [0, 0.1) is 0 Å². The molecule has 2 atom stereocenters. The Balaban J connectivity index is 1.47. The third-order valence-electron chi connectivity index (χ3n) is 6.53. The third-order valence-corrected chi connectivity index (χ3v) is 6.88. The van der Waals surface area contributed by atoms with Crippen molar-refractivity contribution >= 4 is 29.0 Å². The highest BCUT2D eigenvalue weighted by Crippen LogP contribution is 2.40. The molecule has 0 amide bonds. The summed E-state index contributed by atoms with van der Waals surface area (Å²) in [6.45, 7) is 1.57. The van der Waals surface area contributed by atoms with Gasteiger partial charge in [0.1, 0.15) is 0 Å². The number of methoxy groups -OCH3 is 1. The molecule has 8 heteroatoms. The second-order valence-corrected chi connectivity index (χ2v) is 9.16. The van der Waals surface area contributed by atoms with Gasteiger partial charge in [-0.2, -0.15) is 0 Å². The van der Waals surface area contributed by atoms with Crippen molar-refractivity contribution in [2.24, 2.45) is 0 Å². The molecule has 1 aliphatic rings. The van der Waals surface area contributed by atoms with Crippen LogP contribution in [-0.4, -0.2) is 45.7 Å². The van der Waals surface area contributed by atoms with Crippen LogP contribution in [0.5, 0.6) is 0 Å². The molecular formula is C29H29N5O2S. The predicted octanol–water partition coefficient (Wildman–Crippen LogP) is 5.13. The molecule has 0 aliphatic carbocycles. The maximum Gasteiger partial charge on any atom is 0.339 e. The van der Waals surface area contributed by atoms with Crippen LogP contribution in [0.2, 0.25) is 0 Å². The number of hydrogen-bond donors (Lipinski definition) is 2. The van der Waals surface area contributed by atoms with Gasteiger partial charge >= 0.3 is 5.97 Å². The second kappa shape index (κ2) is 11.3. The number of nitrogens with one attached hydrogen (secondary N) is 2. The third kappa shape index (κ3) is 5.20. The van der Waals surface area contributed by atoms with Crippen LogP contribution in [0.15, 0.2) is 97.3 Å². The average molecular weight is 512 g/mol. The normalized spacial score (nSPS) is 16.9. The first-order valence-corrected chi connectivity index (χ1v) is 12.7. The number of anilines is 1. The van der Waals surface area contributed by atoms with Gasteiger partial charge in [0.05, 0.1) is 36.1 Å². The van der Waals surface area contributed by atoms with Crippen molar-refractivity contribution in [2.45, 2.75) is 18.5 Å². The van der Waals surface area contributed by atoms with E-state index >= 15 is 0 Å². The second-order valence-electron chi connectivity index (χ2n) is 8.78. The smallest absolute Gasteiger partial charge is 0.339 e. The minimum absolute atomic E-state index is 0.125. The first-order valence-electron chi connectivity index (χ1n) is 12.3. The fourth-order valence-corrected chi connectivity index (χ4v) is 5.16. The van der Waals surface area contributed by atoms with Crippen LogP contribution < -0.4 is 10.6 Å². The highest BCUT2D eigenvalue weighted by Gasteiger charge is 2.41. The van der Waals surface area contributed by atoms with Gasteiger partial charge in [0, 0.05) is 36.9 Å². The predicted molar refractivity (Wildman–Crippen MR) is 149 cm³/mol. The van der Waals surface area contributed by atoms with Crippen molar-refractivity contribution in [1.82, 2.24) is 19.8 Å². The summed E-state index contributed by atoms with van der Waals surface area (Å²) < 4.78 is 7.11. The summed E-state index contributed by atoms with van der Waals surface area (Å²) in [7, 11) is 1.40. The summed E-state index contributed by atoms with van der Waals surface area (Å²) in [5.41, 5.74) is 4.28. The van der Waals surface area contributed by atoms with Crippen LogP contribution in [0.1, 0.15) is 40.3 Å². The van der Waals surface area contributed by atoms with E-state index in [-0.39, 0.29) is 18.1 Å². The molecule has 2 aromatic heterocycles. The molecule has 1 aliphatic heterocycles. The molecule has 0 radical (unpaired) electrons. The zero-order chi connectivity index (χ0) is 25.6. The van der Waals surface area contributed by atoms with E-state index in [1.807, 2.05) is 66.9 Å². The molecule has 0 saturated carbocycles. The maximum absolute atomic E-state index is 12.6. The number of para-hydroxylation sites is 2. The van der Waals surface area contributed by atoms with Gasteiger partial charge in [-0.1, -0.05) is 36.4 Å². The van der Waals surface area contributed by atoms with Gasteiger partial charge in [-0.3, -0.25) is 4.98 Å². The Morgan fingerprint density at radius 1 is 1.03 bits per heavy atom. The van der Waals surface area contributed by atoms with E-state index in [4.69, 9.17) is 17.0 Å². The van der Waals surface area contributed by atoms with Gasteiger partial charge in [0.15, 0.2) is 5.11 Å². The molecule has 0 unspecified atom stereocenters. The molecule has 7 nitrogen and oxygen atoms in total. The van der Waals surface area contributed by atoms with Crippen LogP contribution in [-0.2, 0) is 4.74 Å². The number of ether oxygens (including phenoxy) is 1. The maximum atomic E-state index is 12.6. The summed E-state index contributed by atoms with van der Waals surface area (Å²) >= 11 is 5.84. The number of pyridine rings is 1. The number of nitrogens with zero attached hydrogens (tertiary/aromatic N) is 3. The molecule has 5 rings (SSSR count). The van der Waals surface area contributed by atoms with Crippen molar-refractivity contribution in [3.63, 3.8) is 0 Å². The molecule has 188 valence electrons. The lowest BCUT2D eigenvalue weighted by molar-refractivity contribution is 0.0600. The Labute approximate surface area is 222 Å². The van der Waals surface area contributed by atoms with E-state index in [0.29, 0.717) is 10.7 Å². The number of carbonyl (C=O) groups is 1. The number of thiocarbonyl (C=S) groups is 1. The molecular weight excluding hydrogens is 482 g/mol. The van der Waals surface area contributed by atoms with Gasteiger partial charge < -0.3 is 24.8 Å². The Kier molecular flexibility index (Phi) is 7.46. The first kappa shape index (κ1) is 24.5. The Morgan fingerprint density at radius 2 is 1.81 bits per heavy atom. The zero-order valence-electron chi connectivity index (χ0n) is 20.6. The standard InChI is InChI=1S/C29H29N5O2S/c1-36-28(35)22-13-5-6-15-24(22)33-19-9-16-25(33)27-26(23-14-7-8-17-31-23)32-29(37)34(27)20-10-18-30-21-11-3-2-4-12-21/h2-9,11-17,19,26-27,30H,10,18,20H2,1H3,(H,32,37)/t26-,27+/m0/s1. The van der Waals surface area contributed by atoms with Gasteiger partial charge in [-0.05, 0) is 67.2 Å². The highest BCUT2D eigenvalue weighted by molar-refractivity contribution is 7.80. The highest BCUT2D eigenvalue weighted by atomic mass is 32.1. The molecule has 37 heavy (non-hydrogen) atoms. The largest absolute Gasteiger partial charge is 0.465 e. The summed E-state index contributed by atoms with van der Waals surface area (Å²) in [5, 5.41) is 7.68. The van der Waals surface area contributed by atoms with Crippen LogP contribution in [0.25, 0.3) is 5.69 Å². The number of benzene rings is 2. The molecule has 1 fully saturated rings. The number of hydrogen-bond acceptors (Lipinski definition) is 5. The zero-order valence-corrected chi connectivity index (χ0v) is 21.4. The topological polar surface area (TPSA) is 71.4 Å². The Bertz CT molecular complexity index is 1360. The quantitative estimate of drug-likeness (QED) is 0.183. The molecule has 0 spiro atoms. The SMILES string of the molecule is COC(=O)c1ccccc1-n1cccc1[C@@H]1[C@H](c2ccccn2)NC(=S)N1CCCNc1ccccc1. The van der Waals surface area contributed by atoms with Gasteiger partial charge in [0.2, 0.25) is 0 Å². The van der Waals surface area contributed by atoms with E-state index in [1.165, 1.54) is 7.11 Å². The number of carbonyl (C=O) groups excluding carboxylic acids is 1. The molecule has 4 aromatic rings. The van der Waals surface area contributed by atoms with E-state index in [1.54, 1.807) is 12.3 Å². The van der Waals surface area contributed by atoms with Gasteiger partial charge in [0.25, 0.3) is 0 Å². The van der Waals surface area contributed by atoms with Crippen LogP contribution in [0.4, 0.5) is 5.69 Å². The van der Waals surface area contributed by atoms with Crippen LogP contribution >= 0.6 is 12.2 Å². The monoisotopic (exact) mass is 511 g/mol. The minimum Gasteiger partial charge on any atom is -0.465 e. The summed E-state index contributed by atoms with van der Waals surface area (Å²) in [5.74, 6) is -0.375. The summed E-state index contributed by atoms with van der Waals surface area (Å²) in [6.07, 6.45) is 4.67. The van der Waals surface area contributed by atoms with Crippen molar-refractivity contribution in [1.29, 1.82) is 0 Å². The summed E-state index contributed by atoms with van der Waals surface area (Å²) in [6, 6.07) is 27.4. The van der Waals surface area contributed by atoms with Crippen molar-refractivity contribution in [2.75, 3.05) is 25.5 Å². The van der Waals surface area contributed by atoms with E-state index in [0.717, 1.165) is 42.3 Å². The van der Waals surface area contributed by atoms with Crippen molar-refractivity contribution < 1.29 is 9.53 Å². The molecule has 3 heterocycles. The first-order chi connectivity index (χ1) is 18.2. The molecule has 2 N–H and O–H groups in total. The molecule has 2 aromatic carbocycles. The fraction of sp³-hybridized carbons (Fsp3) is 0.207. The van der Waals surface area contributed by atoms with Crippen LogP contribution in [0.3, 0.4) is 0 Å². The number of esters is 1. The molecule has 1 saturated heterocycles. The lowest BCUT2D eigenvalue weighted by Gasteiger charge is -2.29. The van der Waals surface area contributed by atoms with E-state index in [9.17, 15) is 4.79 Å². The average Bonchev–Trinajstić information content (AvgIpc) is 3.56. The van der Waals surface area contributed by atoms with Gasteiger partial charge in [-0.25, -0.2) is 4.79 Å². The fourth-order valence-electron chi connectivity index (χ4n) is 4.83. The van der Waals surface area contributed by atoms with E-state index < -0.39 is 0 Å². The Hall–Kier alpha value is -4.17.